The van der Waals surface area contributed by atoms with E-state index < -0.39 is 6.29 Å². The summed E-state index contributed by atoms with van der Waals surface area (Å²) in [4.78, 5) is 30.2. The van der Waals surface area contributed by atoms with Gasteiger partial charge in [0.05, 0.1) is 34.6 Å². The molecule has 5 rings (SSSR count). The first kappa shape index (κ1) is 18.2. The molecule has 3 aliphatic heterocycles. The molecule has 1 amide bonds. The lowest BCUT2D eigenvalue weighted by atomic mass is 10.1. The van der Waals surface area contributed by atoms with E-state index in [0.717, 1.165) is 24.2 Å². The van der Waals surface area contributed by atoms with Crippen LogP contribution in [0.1, 0.15) is 40.6 Å². The zero-order valence-corrected chi connectivity index (χ0v) is 16.6. The van der Waals surface area contributed by atoms with E-state index in [-0.39, 0.29) is 11.9 Å². The maximum Gasteiger partial charge on any atom is 0.264 e. The van der Waals surface area contributed by atoms with Crippen molar-refractivity contribution in [1.29, 1.82) is 0 Å². The van der Waals surface area contributed by atoms with Gasteiger partial charge in [0.15, 0.2) is 12.0 Å². The summed E-state index contributed by atoms with van der Waals surface area (Å²) in [6, 6.07) is 5.35. The van der Waals surface area contributed by atoms with Crippen LogP contribution in [0.15, 0.2) is 29.5 Å². The molecule has 148 valence electrons. The SMILES string of the molecule is C#CCNC1N=C(c2ncn3c2[C@@H]2CCCN2C(=O)c2c(Cl)cccc2-3)ON1C. The molecule has 0 spiro atoms. The van der Waals surface area contributed by atoms with E-state index in [0.29, 0.717) is 35.3 Å². The topological polar surface area (TPSA) is 75.0 Å². The van der Waals surface area contributed by atoms with Gasteiger partial charge in [0.1, 0.15) is 6.33 Å². The standard InChI is InChI=1S/C20H19ClN6O2/c1-3-9-22-20-24-18(29-25(20)2)16-17-14-8-5-10-26(14)19(28)15-12(21)6-4-7-13(15)27(17)11-23-16/h1,4,6-7,11,14,20,22H,5,8-10H2,2H3/t14-,20?/m0/s1. The number of aromatic nitrogens is 2. The Morgan fingerprint density at radius 2 is 2.31 bits per heavy atom. The summed E-state index contributed by atoms with van der Waals surface area (Å²) in [6.45, 7) is 1.05. The molecule has 2 atom stereocenters. The molecule has 1 unspecified atom stereocenters. The number of amides is 1. The fraction of sp³-hybridized carbons (Fsp3) is 0.350. The van der Waals surface area contributed by atoms with Crippen molar-refractivity contribution in [3.8, 4) is 18.0 Å². The van der Waals surface area contributed by atoms with Gasteiger partial charge in [-0.05, 0) is 25.0 Å². The van der Waals surface area contributed by atoms with Gasteiger partial charge in [0.2, 0.25) is 0 Å². The number of imidazole rings is 1. The average molecular weight is 411 g/mol. The summed E-state index contributed by atoms with van der Waals surface area (Å²) in [6.07, 6.45) is 8.41. The molecule has 1 N–H and O–H groups in total. The number of carbonyl (C=O) groups is 1. The Labute approximate surface area is 173 Å². The molecule has 0 saturated carbocycles. The fourth-order valence-electron chi connectivity index (χ4n) is 4.23. The summed E-state index contributed by atoms with van der Waals surface area (Å²) in [5, 5.41) is 5.14. The maximum absolute atomic E-state index is 13.3. The number of nitrogens with one attached hydrogen (secondary N) is 1. The number of aliphatic imine (C=N–C) groups is 1. The van der Waals surface area contributed by atoms with E-state index in [1.54, 1.807) is 24.5 Å². The summed E-state index contributed by atoms with van der Waals surface area (Å²) in [5.41, 5.74) is 2.74. The number of hydroxylamine groups is 2. The zero-order valence-electron chi connectivity index (χ0n) is 15.8. The molecular formula is C20H19ClN6O2. The molecule has 0 aliphatic carbocycles. The number of carbonyl (C=O) groups excluding carboxylic acids is 1. The quantitative estimate of drug-likeness (QED) is 0.783. The first-order valence-electron chi connectivity index (χ1n) is 9.43. The fourth-order valence-corrected chi connectivity index (χ4v) is 4.48. The highest BCUT2D eigenvalue weighted by Crippen LogP contribution is 2.41. The molecule has 3 aliphatic rings. The minimum Gasteiger partial charge on any atom is -0.380 e. The van der Waals surface area contributed by atoms with Gasteiger partial charge < -0.3 is 9.74 Å². The number of benzene rings is 1. The summed E-state index contributed by atoms with van der Waals surface area (Å²) in [5.74, 6) is 2.89. The minimum atomic E-state index is -0.396. The predicted octanol–water partition coefficient (Wildman–Crippen LogP) is 1.95. The summed E-state index contributed by atoms with van der Waals surface area (Å²) >= 11 is 6.43. The lowest BCUT2D eigenvalue weighted by Gasteiger charge is -2.23. The number of fused-ring (bicyclic) bond motifs is 5. The van der Waals surface area contributed by atoms with Crippen LogP contribution in [0.25, 0.3) is 5.69 Å². The van der Waals surface area contributed by atoms with Crippen LogP contribution in [-0.4, -0.2) is 57.7 Å². The molecule has 0 bridgehead atoms. The van der Waals surface area contributed by atoms with Gasteiger partial charge in [-0.2, -0.15) is 0 Å². The number of halogens is 1. The lowest BCUT2D eigenvalue weighted by Crippen LogP contribution is -2.38. The maximum atomic E-state index is 13.3. The van der Waals surface area contributed by atoms with Crippen molar-refractivity contribution in [2.24, 2.45) is 4.99 Å². The monoisotopic (exact) mass is 410 g/mol. The van der Waals surface area contributed by atoms with Crippen molar-refractivity contribution in [3.63, 3.8) is 0 Å². The largest absolute Gasteiger partial charge is 0.380 e. The molecule has 29 heavy (non-hydrogen) atoms. The number of hydrogen-bond donors (Lipinski definition) is 1. The highest BCUT2D eigenvalue weighted by Gasteiger charge is 2.41. The zero-order chi connectivity index (χ0) is 20.1. The van der Waals surface area contributed by atoms with E-state index >= 15 is 0 Å². The van der Waals surface area contributed by atoms with Crippen molar-refractivity contribution in [3.05, 3.63) is 46.5 Å². The van der Waals surface area contributed by atoms with Crippen molar-refractivity contribution in [1.82, 2.24) is 24.8 Å². The molecule has 1 aromatic heterocycles. The van der Waals surface area contributed by atoms with Crippen molar-refractivity contribution in [2.45, 2.75) is 25.2 Å². The first-order valence-corrected chi connectivity index (χ1v) is 9.81. The Kier molecular flexibility index (Phi) is 4.32. The molecule has 1 aromatic carbocycles. The van der Waals surface area contributed by atoms with Gasteiger partial charge in [-0.1, -0.05) is 23.6 Å². The van der Waals surface area contributed by atoms with Crippen LogP contribution in [0.4, 0.5) is 0 Å². The second-order valence-corrected chi connectivity index (χ2v) is 7.58. The second-order valence-electron chi connectivity index (χ2n) is 7.17. The van der Waals surface area contributed by atoms with E-state index in [9.17, 15) is 4.79 Å². The number of terminal acetylenes is 1. The lowest BCUT2D eigenvalue weighted by molar-refractivity contribution is -0.0647. The van der Waals surface area contributed by atoms with Crippen molar-refractivity contribution >= 4 is 23.4 Å². The van der Waals surface area contributed by atoms with Crippen molar-refractivity contribution < 1.29 is 9.63 Å². The van der Waals surface area contributed by atoms with Gasteiger partial charge >= 0.3 is 0 Å². The third-order valence-corrected chi connectivity index (χ3v) is 5.82. The smallest absolute Gasteiger partial charge is 0.264 e. The molecule has 1 fully saturated rings. The van der Waals surface area contributed by atoms with Crippen molar-refractivity contribution in [2.75, 3.05) is 20.1 Å². The molecule has 0 radical (unpaired) electrons. The molecule has 2 aromatic rings. The minimum absolute atomic E-state index is 0.0530. The van der Waals surface area contributed by atoms with Crippen LogP contribution in [0.5, 0.6) is 0 Å². The highest BCUT2D eigenvalue weighted by molar-refractivity contribution is 6.34. The van der Waals surface area contributed by atoms with E-state index in [1.165, 1.54) is 0 Å². The summed E-state index contributed by atoms with van der Waals surface area (Å²) < 4.78 is 1.94. The second kappa shape index (κ2) is 6.88. The Morgan fingerprint density at radius 3 is 3.14 bits per heavy atom. The highest BCUT2D eigenvalue weighted by atomic mass is 35.5. The van der Waals surface area contributed by atoms with Crippen LogP contribution in [0, 0.1) is 12.3 Å². The first-order chi connectivity index (χ1) is 14.1. The third kappa shape index (κ3) is 2.74. The van der Waals surface area contributed by atoms with Gasteiger partial charge in [-0.15, -0.1) is 11.5 Å². The van der Waals surface area contributed by atoms with Gasteiger partial charge in [-0.3, -0.25) is 14.7 Å². The molecule has 8 nitrogen and oxygen atoms in total. The molecule has 9 heteroatoms. The number of nitrogens with zero attached hydrogens (tertiary/aromatic N) is 5. The van der Waals surface area contributed by atoms with Gasteiger partial charge in [-0.25, -0.2) is 9.98 Å². The van der Waals surface area contributed by atoms with Crippen LogP contribution >= 0.6 is 11.6 Å². The van der Waals surface area contributed by atoms with Crippen LogP contribution in [-0.2, 0) is 4.84 Å². The summed E-state index contributed by atoms with van der Waals surface area (Å²) in [7, 11) is 1.78. The predicted molar refractivity (Wildman–Crippen MR) is 108 cm³/mol. The van der Waals surface area contributed by atoms with E-state index in [4.69, 9.17) is 22.9 Å². The van der Waals surface area contributed by atoms with Crippen LogP contribution in [0.3, 0.4) is 0 Å². The Morgan fingerprint density at radius 1 is 1.45 bits per heavy atom. The average Bonchev–Trinajstić information content (AvgIpc) is 3.41. The van der Waals surface area contributed by atoms with Gasteiger partial charge in [0.25, 0.3) is 11.8 Å². The molecule has 4 heterocycles. The van der Waals surface area contributed by atoms with E-state index in [1.807, 2.05) is 21.6 Å². The Bertz CT molecular complexity index is 1070. The number of hydrogen-bond acceptors (Lipinski definition) is 6. The third-order valence-electron chi connectivity index (χ3n) is 5.50. The number of rotatable bonds is 3. The Hall–Kier alpha value is -2.86. The van der Waals surface area contributed by atoms with E-state index in [2.05, 4.69) is 21.2 Å². The van der Waals surface area contributed by atoms with Crippen LogP contribution < -0.4 is 5.32 Å². The van der Waals surface area contributed by atoms with Gasteiger partial charge in [0, 0.05) is 13.6 Å². The normalized spacial score (nSPS) is 23.0. The van der Waals surface area contributed by atoms with Crippen LogP contribution in [0.2, 0.25) is 5.02 Å². The Balaban J connectivity index is 1.66. The molecular weight excluding hydrogens is 392 g/mol. The molecule has 1 saturated heterocycles.